The summed E-state index contributed by atoms with van der Waals surface area (Å²) in [5.41, 5.74) is 2.74. The highest BCUT2D eigenvalue weighted by atomic mass is 15.2. The molecule has 1 atom stereocenters. The van der Waals surface area contributed by atoms with Crippen LogP contribution >= 0.6 is 0 Å². The summed E-state index contributed by atoms with van der Waals surface area (Å²) in [6.07, 6.45) is 4.74. The fraction of sp³-hybridized carbons (Fsp3) is 0.529. The van der Waals surface area contributed by atoms with Crippen molar-refractivity contribution in [2.45, 2.75) is 18.9 Å². The van der Waals surface area contributed by atoms with E-state index in [-0.39, 0.29) is 0 Å². The predicted molar refractivity (Wildman–Crippen MR) is 85.3 cm³/mol. The summed E-state index contributed by atoms with van der Waals surface area (Å²) >= 11 is 0. The summed E-state index contributed by atoms with van der Waals surface area (Å²) in [6, 6.07) is 9.47. The maximum atomic E-state index is 4.04. The molecule has 20 heavy (non-hydrogen) atoms. The Morgan fingerprint density at radius 1 is 1.00 bits per heavy atom. The zero-order valence-corrected chi connectivity index (χ0v) is 12.2. The molecule has 2 aliphatic heterocycles. The van der Waals surface area contributed by atoms with Gasteiger partial charge in [0.15, 0.2) is 0 Å². The van der Waals surface area contributed by atoms with Crippen LogP contribution in [0, 0.1) is 0 Å². The normalized spacial score (nSPS) is 21.9. The molecule has 0 unspecified atom stereocenters. The lowest BCUT2D eigenvalue weighted by Crippen LogP contribution is -2.44. The van der Waals surface area contributed by atoms with Crippen LogP contribution in [0.15, 0.2) is 36.9 Å². The first kappa shape index (κ1) is 13.7. The Kier molecular flexibility index (Phi) is 4.38. The van der Waals surface area contributed by atoms with Crippen molar-refractivity contribution in [3.05, 3.63) is 42.5 Å². The van der Waals surface area contributed by atoms with Crippen molar-refractivity contribution in [1.29, 1.82) is 0 Å². The highest BCUT2D eigenvalue weighted by Crippen LogP contribution is 2.26. The topological polar surface area (TPSA) is 18.5 Å². The third kappa shape index (κ3) is 2.89. The van der Waals surface area contributed by atoms with Gasteiger partial charge in [-0.15, -0.1) is 6.58 Å². The first-order valence-electron chi connectivity index (χ1n) is 7.81. The number of anilines is 1. The van der Waals surface area contributed by atoms with Gasteiger partial charge in [-0.2, -0.15) is 0 Å². The van der Waals surface area contributed by atoms with Crippen molar-refractivity contribution < 1.29 is 0 Å². The minimum absolute atomic E-state index is 0.352. The lowest BCUT2D eigenvalue weighted by atomic mass is 10.0. The molecule has 0 saturated carbocycles. The van der Waals surface area contributed by atoms with Crippen LogP contribution in [0.2, 0.25) is 0 Å². The first-order valence-corrected chi connectivity index (χ1v) is 7.81. The van der Waals surface area contributed by atoms with E-state index in [0.29, 0.717) is 6.04 Å². The molecular weight excluding hydrogens is 246 g/mol. The van der Waals surface area contributed by atoms with Crippen LogP contribution < -0.4 is 10.2 Å². The van der Waals surface area contributed by atoms with Crippen LogP contribution in [0.5, 0.6) is 0 Å². The molecule has 3 nitrogen and oxygen atoms in total. The number of nitrogens with zero attached hydrogens (tertiary/aromatic N) is 2. The van der Waals surface area contributed by atoms with Crippen LogP contribution in [0.1, 0.15) is 24.4 Å². The molecule has 0 amide bonds. The van der Waals surface area contributed by atoms with Gasteiger partial charge in [-0.3, -0.25) is 4.90 Å². The Morgan fingerprint density at radius 3 is 2.25 bits per heavy atom. The molecule has 1 N–H and O–H groups in total. The highest BCUT2D eigenvalue weighted by Gasteiger charge is 2.19. The van der Waals surface area contributed by atoms with E-state index in [1.54, 1.807) is 0 Å². The number of rotatable bonds is 4. The summed E-state index contributed by atoms with van der Waals surface area (Å²) in [6.45, 7) is 10.8. The van der Waals surface area contributed by atoms with Crippen LogP contribution in [-0.2, 0) is 0 Å². The molecule has 108 valence electrons. The zero-order chi connectivity index (χ0) is 13.8. The van der Waals surface area contributed by atoms with Crippen LogP contribution in [0.25, 0.3) is 0 Å². The van der Waals surface area contributed by atoms with Crippen molar-refractivity contribution in [2.75, 3.05) is 44.2 Å². The van der Waals surface area contributed by atoms with E-state index in [9.17, 15) is 0 Å². The van der Waals surface area contributed by atoms with Gasteiger partial charge in [-0.25, -0.2) is 0 Å². The molecule has 0 aromatic heterocycles. The Bertz CT molecular complexity index is 428. The monoisotopic (exact) mass is 271 g/mol. The fourth-order valence-corrected chi connectivity index (χ4v) is 3.31. The number of benzene rings is 1. The van der Waals surface area contributed by atoms with Gasteiger partial charge >= 0.3 is 0 Å². The van der Waals surface area contributed by atoms with Gasteiger partial charge in [-0.1, -0.05) is 18.2 Å². The predicted octanol–water partition coefficient (Wildman–Crippen LogP) is 2.42. The van der Waals surface area contributed by atoms with Gasteiger partial charge in [0, 0.05) is 45.0 Å². The second-order valence-corrected chi connectivity index (χ2v) is 5.75. The average molecular weight is 271 g/mol. The molecular formula is C17H25N3. The molecule has 3 heteroatoms. The maximum absolute atomic E-state index is 4.04. The molecule has 2 heterocycles. The van der Waals surface area contributed by atoms with Gasteiger partial charge in [0.2, 0.25) is 0 Å². The number of piperazine rings is 1. The van der Waals surface area contributed by atoms with Crippen molar-refractivity contribution in [3.63, 3.8) is 0 Å². The molecule has 0 spiro atoms. The van der Waals surface area contributed by atoms with Gasteiger partial charge in [-0.05, 0) is 30.5 Å². The summed E-state index contributed by atoms with van der Waals surface area (Å²) in [7, 11) is 0. The highest BCUT2D eigenvalue weighted by molar-refractivity contribution is 5.49. The van der Waals surface area contributed by atoms with E-state index >= 15 is 0 Å². The standard InChI is InChI=1S/C17H25N3/c1-2-17(20-13-9-18-10-14-20)15-5-7-16(8-6-15)19-11-3-4-12-19/h2,5-8,17-18H,1,3-4,9-14H2/t17-/m1/s1. The van der Waals surface area contributed by atoms with Gasteiger partial charge in [0.1, 0.15) is 0 Å². The molecule has 2 fully saturated rings. The number of hydrogen-bond donors (Lipinski definition) is 1. The molecule has 2 saturated heterocycles. The largest absolute Gasteiger partial charge is 0.372 e. The lowest BCUT2D eigenvalue weighted by molar-refractivity contribution is 0.203. The van der Waals surface area contributed by atoms with Crippen molar-refractivity contribution in [2.24, 2.45) is 0 Å². The molecule has 2 aliphatic rings. The van der Waals surface area contributed by atoms with Crippen LogP contribution in [0.3, 0.4) is 0 Å². The van der Waals surface area contributed by atoms with Gasteiger partial charge in [0.25, 0.3) is 0 Å². The maximum Gasteiger partial charge on any atom is 0.0530 e. The molecule has 0 bridgehead atoms. The Morgan fingerprint density at radius 2 is 1.65 bits per heavy atom. The Hall–Kier alpha value is -1.32. The summed E-state index contributed by atoms with van der Waals surface area (Å²) in [5, 5.41) is 3.41. The Balaban J connectivity index is 1.72. The summed E-state index contributed by atoms with van der Waals surface area (Å²) < 4.78 is 0. The molecule has 1 aromatic carbocycles. The summed E-state index contributed by atoms with van der Waals surface area (Å²) in [4.78, 5) is 4.99. The zero-order valence-electron chi connectivity index (χ0n) is 12.2. The van der Waals surface area contributed by atoms with E-state index in [2.05, 4.69) is 52.0 Å². The van der Waals surface area contributed by atoms with Crippen LogP contribution in [-0.4, -0.2) is 44.2 Å². The fourth-order valence-electron chi connectivity index (χ4n) is 3.31. The average Bonchev–Trinajstić information content (AvgIpc) is 3.04. The first-order chi connectivity index (χ1) is 9.88. The molecule has 0 radical (unpaired) electrons. The van der Waals surface area contributed by atoms with Crippen molar-refractivity contribution in [3.8, 4) is 0 Å². The quantitative estimate of drug-likeness (QED) is 0.849. The molecule has 3 rings (SSSR count). The van der Waals surface area contributed by atoms with E-state index in [0.717, 1.165) is 26.2 Å². The lowest BCUT2D eigenvalue weighted by Gasteiger charge is -2.33. The van der Waals surface area contributed by atoms with Crippen molar-refractivity contribution >= 4 is 5.69 Å². The second-order valence-electron chi connectivity index (χ2n) is 5.75. The number of hydrogen-bond acceptors (Lipinski definition) is 3. The smallest absolute Gasteiger partial charge is 0.0530 e. The number of nitrogens with one attached hydrogen (secondary N) is 1. The summed E-state index contributed by atoms with van der Waals surface area (Å²) in [5.74, 6) is 0. The minimum atomic E-state index is 0.352. The van der Waals surface area contributed by atoms with E-state index in [1.165, 1.54) is 37.2 Å². The minimum Gasteiger partial charge on any atom is -0.372 e. The van der Waals surface area contributed by atoms with E-state index in [1.807, 2.05) is 0 Å². The SMILES string of the molecule is C=C[C@H](c1ccc(N2CCCC2)cc1)N1CCNCC1. The second kappa shape index (κ2) is 6.42. The molecule has 0 aliphatic carbocycles. The van der Waals surface area contributed by atoms with Crippen molar-refractivity contribution in [1.82, 2.24) is 10.2 Å². The molecule has 1 aromatic rings. The Labute approximate surface area is 122 Å². The van der Waals surface area contributed by atoms with Gasteiger partial charge in [0.05, 0.1) is 6.04 Å². The van der Waals surface area contributed by atoms with Crippen LogP contribution in [0.4, 0.5) is 5.69 Å². The third-order valence-electron chi connectivity index (χ3n) is 4.47. The van der Waals surface area contributed by atoms with E-state index in [4.69, 9.17) is 0 Å². The third-order valence-corrected chi connectivity index (χ3v) is 4.47. The van der Waals surface area contributed by atoms with Gasteiger partial charge < -0.3 is 10.2 Å². The van der Waals surface area contributed by atoms with E-state index < -0.39 is 0 Å².